The molecule has 0 N–H and O–H groups in total. The first kappa shape index (κ1) is 28.9. The number of hydrogen-bond donors (Lipinski definition) is 0. The van der Waals surface area contributed by atoms with Crippen LogP contribution in [-0.2, 0) is 23.8 Å². The van der Waals surface area contributed by atoms with Crippen LogP contribution < -0.4 is 0 Å². The molecule has 0 amide bonds. The van der Waals surface area contributed by atoms with E-state index in [2.05, 4.69) is 13.8 Å². The lowest BCUT2D eigenvalue weighted by molar-refractivity contribution is -0.150. The van der Waals surface area contributed by atoms with Gasteiger partial charge in [0.2, 0.25) is 0 Å². The van der Waals surface area contributed by atoms with Gasteiger partial charge in [-0.15, -0.1) is 0 Å². The standard InChI is InChI=1S/C25H48O5/c1-4-6-8-10-11-12-14-22-29-24(26)19-15-20-25(27)30-23(18-16-21-28-3)17-13-9-7-5-2/h23H,4-22H2,1-3H3. The summed E-state index contributed by atoms with van der Waals surface area (Å²) in [4.78, 5) is 24.0. The van der Waals surface area contributed by atoms with Crippen LogP contribution in [0.5, 0.6) is 0 Å². The molecule has 1 unspecified atom stereocenters. The second-order valence-corrected chi connectivity index (χ2v) is 8.29. The third kappa shape index (κ3) is 20.2. The van der Waals surface area contributed by atoms with Gasteiger partial charge in [-0.1, -0.05) is 71.6 Å². The van der Waals surface area contributed by atoms with Gasteiger partial charge in [0.25, 0.3) is 0 Å². The van der Waals surface area contributed by atoms with Crippen LogP contribution >= 0.6 is 0 Å². The minimum absolute atomic E-state index is 0.0335. The van der Waals surface area contributed by atoms with Crippen molar-refractivity contribution in [3.05, 3.63) is 0 Å². The molecule has 0 heterocycles. The Labute approximate surface area is 185 Å². The van der Waals surface area contributed by atoms with Crippen LogP contribution in [0.4, 0.5) is 0 Å². The molecule has 0 aliphatic carbocycles. The summed E-state index contributed by atoms with van der Waals surface area (Å²) in [5.41, 5.74) is 0. The van der Waals surface area contributed by atoms with Crippen molar-refractivity contribution < 1.29 is 23.8 Å². The minimum Gasteiger partial charge on any atom is -0.466 e. The van der Waals surface area contributed by atoms with Gasteiger partial charge >= 0.3 is 11.9 Å². The van der Waals surface area contributed by atoms with Crippen molar-refractivity contribution in [3.63, 3.8) is 0 Å². The van der Waals surface area contributed by atoms with Gasteiger partial charge in [0.1, 0.15) is 6.10 Å². The van der Waals surface area contributed by atoms with E-state index in [1.54, 1.807) is 7.11 Å². The second-order valence-electron chi connectivity index (χ2n) is 8.29. The van der Waals surface area contributed by atoms with Crippen molar-refractivity contribution in [2.45, 2.75) is 129 Å². The van der Waals surface area contributed by atoms with E-state index < -0.39 is 0 Å². The number of carbonyl (C=O) groups excluding carboxylic acids is 2. The summed E-state index contributed by atoms with van der Waals surface area (Å²) in [5.74, 6) is -0.405. The predicted molar refractivity (Wildman–Crippen MR) is 123 cm³/mol. The number of ether oxygens (including phenoxy) is 3. The summed E-state index contributed by atoms with van der Waals surface area (Å²) in [6.45, 7) is 5.59. The number of methoxy groups -OCH3 is 1. The highest BCUT2D eigenvalue weighted by molar-refractivity contribution is 5.72. The lowest BCUT2D eigenvalue weighted by Crippen LogP contribution is -2.19. The molecule has 5 nitrogen and oxygen atoms in total. The average Bonchev–Trinajstić information content (AvgIpc) is 2.73. The summed E-state index contributed by atoms with van der Waals surface area (Å²) >= 11 is 0. The molecule has 0 saturated heterocycles. The van der Waals surface area contributed by atoms with E-state index in [-0.39, 0.29) is 30.9 Å². The zero-order chi connectivity index (χ0) is 22.3. The third-order valence-electron chi connectivity index (χ3n) is 5.33. The lowest BCUT2D eigenvalue weighted by atomic mass is 10.1. The number of unbranched alkanes of at least 4 members (excludes halogenated alkanes) is 9. The van der Waals surface area contributed by atoms with Gasteiger partial charge in [-0.2, -0.15) is 0 Å². The molecule has 0 aromatic rings. The smallest absolute Gasteiger partial charge is 0.306 e. The van der Waals surface area contributed by atoms with Crippen LogP contribution in [0.15, 0.2) is 0 Å². The van der Waals surface area contributed by atoms with Crippen molar-refractivity contribution >= 4 is 11.9 Å². The van der Waals surface area contributed by atoms with E-state index in [0.717, 1.165) is 38.5 Å². The summed E-state index contributed by atoms with van der Waals surface area (Å²) in [5, 5.41) is 0. The maximum atomic E-state index is 12.2. The Bertz CT molecular complexity index is 397. The highest BCUT2D eigenvalue weighted by atomic mass is 16.5. The highest BCUT2D eigenvalue weighted by Gasteiger charge is 2.15. The Kier molecular flexibility index (Phi) is 21.8. The van der Waals surface area contributed by atoms with E-state index in [1.807, 2.05) is 0 Å². The van der Waals surface area contributed by atoms with E-state index in [0.29, 0.717) is 19.6 Å². The van der Waals surface area contributed by atoms with Gasteiger partial charge in [-0.05, 0) is 38.5 Å². The maximum absolute atomic E-state index is 12.2. The molecular weight excluding hydrogens is 380 g/mol. The monoisotopic (exact) mass is 428 g/mol. The molecule has 1 atom stereocenters. The molecule has 0 aromatic carbocycles. The van der Waals surface area contributed by atoms with E-state index in [9.17, 15) is 9.59 Å². The van der Waals surface area contributed by atoms with Crippen molar-refractivity contribution in [1.29, 1.82) is 0 Å². The first-order valence-electron chi connectivity index (χ1n) is 12.5. The Morgan fingerprint density at radius 1 is 0.633 bits per heavy atom. The van der Waals surface area contributed by atoms with Crippen LogP contribution in [0.3, 0.4) is 0 Å². The number of hydrogen-bond acceptors (Lipinski definition) is 5. The van der Waals surface area contributed by atoms with Gasteiger partial charge in [-0.3, -0.25) is 9.59 Å². The van der Waals surface area contributed by atoms with E-state index in [1.165, 1.54) is 51.4 Å². The number of rotatable bonds is 22. The zero-order valence-electron chi connectivity index (χ0n) is 20.1. The Hall–Kier alpha value is -1.10. The molecule has 0 saturated carbocycles. The normalized spacial score (nSPS) is 12.0. The molecule has 0 aliphatic heterocycles. The third-order valence-corrected chi connectivity index (χ3v) is 5.33. The molecule has 0 rings (SSSR count). The fourth-order valence-electron chi connectivity index (χ4n) is 3.46. The first-order chi connectivity index (χ1) is 14.6. The summed E-state index contributed by atoms with van der Waals surface area (Å²) in [6.07, 6.45) is 16.8. The summed E-state index contributed by atoms with van der Waals surface area (Å²) in [6, 6.07) is 0. The van der Waals surface area contributed by atoms with Crippen LogP contribution in [0, 0.1) is 0 Å². The first-order valence-corrected chi connectivity index (χ1v) is 12.5. The van der Waals surface area contributed by atoms with Gasteiger partial charge in [0.15, 0.2) is 0 Å². The molecule has 0 radical (unpaired) electrons. The Balaban J connectivity index is 3.83. The zero-order valence-corrected chi connectivity index (χ0v) is 20.1. The SMILES string of the molecule is CCCCCCCCCOC(=O)CCCC(=O)OC(CCCCCC)CCCOC. The van der Waals surface area contributed by atoms with Gasteiger partial charge in [0.05, 0.1) is 6.61 Å². The molecule has 0 bridgehead atoms. The minimum atomic E-state index is -0.204. The molecule has 0 aliphatic rings. The Morgan fingerprint density at radius 2 is 1.20 bits per heavy atom. The van der Waals surface area contributed by atoms with Crippen molar-refractivity contribution in [2.24, 2.45) is 0 Å². The van der Waals surface area contributed by atoms with Crippen molar-refractivity contribution in [2.75, 3.05) is 20.3 Å². The lowest BCUT2D eigenvalue weighted by Gasteiger charge is -2.18. The van der Waals surface area contributed by atoms with E-state index >= 15 is 0 Å². The fourth-order valence-corrected chi connectivity index (χ4v) is 3.46. The van der Waals surface area contributed by atoms with Crippen LogP contribution in [0.1, 0.15) is 123 Å². The highest BCUT2D eigenvalue weighted by Crippen LogP contribution is 2.15. The number of esters is 2. The molecule has 30 heavy (non-hydrogen) atoms. The largest absolute Gasteiger partial charge is 0.466 e. The molecule has 0 fully saturated rings. The van der Waals surface area contributed by atoms with E-state index in [4.69, 9.17) is 14.2 Å². The predicted octanol–water partition coefficient (Wildman–Crippen LogP) is 6.76. The molecular formula is C25H48O5. The van der Waals surface area contributed by atoms with Crippen LogP contribution in [-0.4, -0.2) is 38.4 Å². The summed E-state index contributed by atoms with van der Waals surface area (Å²) in [7, 11) is 1.69. The van der Waals surface area contributed by atoms with Crippen LogP contribution in [0.2, 0.25) is 0 Å². The van der Waals surface area contributed by atoms with Crippen molar-refractivity contribution in [1.82, 2.24) is 0 Å². The Morgan fingerprint density at radius 3 is 1.87 bits per heavy atom. The second kappa shape index (κ2) is 22.6. The fraction of sp³-hybridized carbons (Fsp3) is 0.920. The van der Waals surface area contributed by atoms with Gasteiger partial charge in [-0.25, -0.2) is 0 Å². The van der Waals surface area contributed by atoms with Gasteiger partial charge < -0.3 is 14.2 Å². The molecule has 178 valence electrons. The molecule has 5 heteroatoms. The molecule has 0 spiro atoms. The summed E-state index contributed by atoms with van der Waals surface area (Å²) < 4.78 is 16.0. The average molecular weight is 429 g/mol. The quantitative estimate of drug-likeness (QED) is 0.141. The topological polar surface area (TPSA) is 61.8 Å². The molecule has 0 aromatic heterocycles. The van der Waals surface area contributed by atoms with Crippen LogP contribution in [0.25, 0.3) is 0 Å². The maximum Gasteiger partial charge on any atom is 0.306 e. The van der Waals surface area contributed by atoms with Crippen molar-refractivity contribution in [3.8, 4) is 0 Å². The van der Waals surface area contributed by atoms with Gasteiger partial charge in [0, 0.05) is 26.6 Å². The number of carbonyl (C=O) groups is 2.